The number of quaternary nitrogens is 1. The summed E-state index contributed by atoms with van der Waals surface area (Å²) < 4.78 is 24.9. The van der Waals surface area contributed by atoms with Crippen LogP contribution in [0.2, 0.25) is 0 Å². The lowest BCUT2D eigenvalue weighted by atomic mass is 10.1. The van der Waals surface area contributed by atoms with E-state index < -0.39 is 44.3 Å². The van der Waals surface area contributed by atoms with Crippen LogP contribution in [0.1, 0.15) is 6.42 Å². The predicted octanol–water partition coefficient (Wildman–Crippen LogP) is -3.84. The third-order valence-electron chi connectivity index (χ3n) is 4.07. The van der Waals surface area contributed by atoms with Gasteiger partial charge >= 0.3 is 5.97 Å². The molecule has 0 spiro atoms. The van der Waals surface area contributed by atoms with Crippen molar-refractivity contribution in [3.05, 3.63) is 17.9 Å². The van der Waals surface area contributed by atoms with Gasteiger partial charge in [-0.2, -0.15) is 0 Å². The number of hydrogen-bond donors (Lipinski definition) is 3. The number of nitrogens with two attached hydrogens (primary N) is 1. The van der Waals surface area contributed by atoms with E-state index in [9.17, 15) is 27.9 Å². The number of primary amides is 1. The number of nitrogens with zero attached hydrogens (tertiary/aromatic N) is 3. The third kappa shape index (κ3) is 2.44. The highest BCUT2D eigenvalue weighted by molar-refractivity contribution is 7.93. The predicted molar refractivity (Wildman–Crippen MR) is 73.6 cm³/mol. The Bertz CT molecular complexity index is 706. The fraction of sp³-hybridized carbons (Fsp3) is 0.545. The number of β-lactam (4-membered cyclic amide) rings is 1. The molecule has 11 nitrogen and oxygen atoms in total. The summed E-state index contributed by atoms with van der Waals surface area (Å²) >= 11 is 0. The van der Waals surface area contributed by atoms with Gasteiger partial charge in [-0.05, 0) is 0 Å². The lowest BCUT2D eigenvalue weighted by Crippen LogP contribution is -3.04. The molecule has 2 saturated heterocycles. The molecule has 2 fully saturated rings. The molecule has 2 amide bonds. The number of hydrogen-bond acceptors (Lipinski definition) is 6. The molecule has 0 saturated carbocycles. The van der Waals surface area contributed by atoms with Gasteiger partial charge in [0.1, 0.15) is 22.9 Å². The first-order valence-electron chi connectivity index (χ1n) is 6.79. The minimum absolute atomic E-state index is 0.0972. The second kappa shape index (κ2) is 5.18. The van der Waals surface area contributed by atoms with Crippen molar-refractivity contribution in [3.8, 4) is 0 Å². The summed E-state index contributed by atoms with van der Waals surface area (Å²) in [7, 11) is -3.80. The first kappa shape index (κ1) is 15.7. The van der Waals surface area contributed by atoms with Crippen LogP contribution in [0.25, 0.3) is 5.53 Å². The maximum Gasteiger partial charge on any atom is 0.327 e. The van der Waals surface area contributed by atoms with Gasteiger partial charge < -0.3 is 31.3 Å². The lowest BCUT2D eigenvalue weighted by Gasteiger charge is -2.35. The molecule has 3 unspecified atom stereocenters. The van der Waals surface area contributed by atoms with Gasteiger partial charge in [0.05, 0.1) is 6.42 Å². The fourth-order valence-corrected chi connectivity index (χ4v) is 5.33. The Balaban J connectivity index is 1.76. The van der Waals surface area contributed by atoms with E-state index >= 15 is 0 Å². The summed E-state index contributed by atoms with van der Waals surface area (Å²) in [5, 5.41) is 8.58. The van der Waals surface area contributed by atoms with Crippen LogP contribution in [-0.2, 0) is 24.2 Å². The zero-order valence-electron chi connectivity index (χ0n) is 11.8. The molecule has 4 atom stereocenters. The standard InChI is InChI=1S/C11H15N5O6S/c12-7(17)5-15-2-1-14(13-15)4-6-10(11(19)20)16-8(18)3-9(16)23(6,21)22/h1-2,6,9-10,15H,3-5H2,(H2,12,17)(H,19,20)/t6?,9?,10-/m1/s1. The van der Waals surface area contributed by atoms with Gasteiger partial charge in [-0.3, -0.25) is 9.59 Å². The van der Waals surface area contributed by atoms with Gasteiger partial charge in [0.2, 0.25) is 5.91 Å². The van der Waals surface area contributed by atoms with E-state index in [0.29, 0.717) is 5.01 Å². The normalized spacial score (nSPS) is 34.3. The first-order chi connectivity index (χ1) is 10.7. The Labute approximate surface area is 131 Å². The van der Waals surface area contributed by atoms with E-state index in [4.69, 9.17) is 5.73 Å². The van der Waals surface area contributed by atoms with Crippen LogP contribution in [-0.4, -0.2) is 71.0 Å². The zero-order valence-corrected chi connectivity index (χ0v) is 12.6. The molecule has 0 radical (unpaired) electrons. The number of sulfone groups is 1. The fourth-order valence-electron chi connectivity index (χ4n) is 3.01. The molecule has 0 aliphatic carbocycles. The zero-order chi connectivity index (χ0) is 16.9. The van der Waals surface area contributed by atoms with E-state index in [1.54, 1.807) is 0 Å². The first-order valence-corrected chi connectivity index (χ1v) is 8.40. The maximum absolute atomic E-state index is 12.4. The van der Waals surface area contributed by atoms with Crippen molar-refractivity contribution >= 4 is 27.6 Å². The van der Waals surface area contributed by atoms with Crippen molar-refractivity contribution in [2.24, 2.45) is 5.73 Å². The van der Waals surface area contributed by atoms with Gasteiger partial charge in [0, 0.05) is 12.7 Å². The van der Waals surface area contributed by atoms with Gasteiger partial charge in [-0.25, -0.2) is 13.2 Å². The van der Waals surface area contributed by atoms with Crippen LogP contribution >= 0.6 is 0 Å². The number of rotatable bonds is 5. The lowest BCUT2D eigenvalue weighted by molar-refractivity contribution is -0.799. The number of aliphatic carboxylic acids is 1. The molecule has 0 aromatic heterocycles. The third-order valence-corrected chi connectivity index (χ3v) is 6.47. The van der Waals surface area contributed by atoms with Gasteiger partial charge in [0.25, 0.3) is 5.91 Å². The number of fused-ring (bicyclic) bond motifs is 1. The molecular formula is C11H15N5O6S. The molecule has 3 rings (SSSR count). The van der Waals surface area contributed by atoms with E-state index in [1.165, 1.54) is 17.4 Å². The molecule has 23 heavy (non-hydrogen) atoms. The minimum Gasteiger partial charge on any atom is -0.480 e. The summed E-state index contributed by atoms with van der Waals surface area (Å²) in [6.07, 6.45) is 2.76. The molecule has 3 aliphatic heterocycles. The van der Waals surface area contributed by atoms with Crippen molar-refractivity contribution in [1.82, 2.24) is 9.91 Å². The molecule has 0 bridgehead atoms. The Morgan fingerprint density at radius 3 is 2.74 bits per heavy atom. The minimum atomic E-state index is -3.80. The molecule has 3 heterocycles. The molecule has 0 aromatic rings. The van der Waals surface area contributed by atoms with Crippen LogP contribution in [0, 0.1) is 0 Å². The second-order valence-corrected chi connectivity index (χ2v) is 7.87. The highest BCUT2D eigenvalue weighted by Gasteiger charge is 2.63. The van der Waals surface area contributed by atoms with Gasteiger partial charge in [-0.1, -0.05) is 0 Å². The van der Waals surface area contributed by atoms with E-state index in [2.05, 4.69) is 5.53 Å². The quantitative estimate of drug-likeness (QED) is 0.431. The van der Waals surface area contributed by atoms with Crippen LogP contribution in [0.15, 0.2) is 12.4 Å². The topological polar surface area (TPSA) is 157 Å². The van der Waals surface area contributed by atoms with Crippen LogP contribution in [0.4, 0.5) is 0 Å². The van der Waals surface area contributed by atoms with Crippen molar-refractivity contribution in [2.45, 2.75) is 23.1 Å². The molecular weight excluding hydrogens is 330 g/mol. The average molecular weight is 345 g/mol. The SMILES string of the molecule is NC(=O)C[NH+]1C=CN(CC2[C@H](C(=O)O)N3C(=O)CC3S2(=O)=O)[N-]1. The Hall–Kier alpha value is -2.18. The van der Waals surface area contributed by atoms with Crippen molar-refractivity contribution in [1.29, 1.82) is 0 Å². The highest BCUT2D eigenvalue weighted by atomic mass is 32.2. The van der Waals surface area contributed by atoms with Crippen molar-refractivity contribution < 1.29 is 32.9 Å². The summed E-state index contributed by atoms with van der Waals surface area (Å²) in [4.78, 5) is 34.8. The summed E-state index contributed by atoms with van der Waals surface area (Å²) in [6, 6.07) is -1.42. The second-order valence-electron chi connectivity index (χ2n) is 5.54. The smallest absolute Gasteiger partial charge is 0.327 e. The average Bonchev–Trinajstić information content (AvgIpc) is 2.91. The van der Waals surface area contributed by atoms with E-state index in [-0.39, 0.29) is 19.5 Å². The molecule has 0 aromatic carbocycles. The van der Waals surface area contributed by atoms with E-state index in [1.807, 2.05) is 0 Å². The number of carbonyl (C=O) groups excluding carboxylic acids is 2. The van der Waals surface area contributed by atoms with Gasteiger partial charge in [0.15, 0.2) is 16.4 Å². The number of nitrogens with one attached hydrogen (secondary N) is 1. The number of carboxylic acid groups (broad SMARTS) is 1. The molecule has 4 N–H and O–H groups in total. The largest absolute Gasteiger partial charge is 0.480 e. The summed E-state index contributed by atoms with van der Waals surface area (Å²) in [6.45, 7) is -0.307. The molecule has 126 valence electrons. The number of carbonyl (C=O) groups is 3. The highest BCUT2D eigenvalue weighted by Crippen LogP contribution is 2.40. The number of carboxylic acids is 1. The van der Waals surface area contributed by atoms with Crippen LogP contribution < -0.4 is 10.7 Å². The Kier molecular flexibility index (Phi) is 3.54. The van der Waals surface area contributed by atoms with Crippen molar-refractivity contribution in [2.75, 3.05) is 13.1 Å². The summed E-state index contributed by atoms with van der Waals surface area (Å²) in [5.74, 6) is -2.43. The van der Waals surface area contributed by atoms with Gasteiger partial charge in [-0.15, -0.1) is 0 Å². The Morgan fingerprint density at radius 2 is 2.17 bits per heavy atom. The summed E-state index contributed by atoms with van der Waals surface area (Å²) in [5.41, 5.74) is 9.07. The molecule has 12 heteroatoms. The van der Waals surface area contributed by atoms with E-state index in [0.717, 1.165) is 4.90 Å². The Morgan fingerprint density at radius 1 is 1.48 bits per heavy atom. The van der Waals surface area contributed by atoms with Crippen molar-refractivity contribution in [3.63, 3.8) is 0 Å². The van der Waals surface area contributed by atoms with Crippen LogP contribution in [0.3, 0.4) is 0 Å². The van der Waals surface area contributed by atoms with Crippen LogP contribution in [0.5, 0.6) is 0 Å². The maximum atomic E-state index is 12.4. The number of amides is 2. The monoisotopic (exact) mass is 345 g/mol. The molecule has 3 aliphatic rings.